The number of nitrogens with one attached hydrogen (secondary N) is 1. The zero-order chi connectivity index (χ0) is 16.4. The Morgan fingerprint density at radius 3 is 2.61 bits per heavy atom. The van der Waals surface area contributed by atoms with Crippen LogP contribution in [0.25, 0.3) is 0 Å². The van der Waals surface area contributed by atoms with Gasteiger partial charge in [0.25, 0.3) is 5.89 Å². The summed E-state index contributed by atoms with van der Waals surface area (Å²) in [7, 11) is 0. The Morgan fingerprint density at radius 2 is 2.00 bits per heavy atom. The number of nitrogens with zero attached hydrogens (tertiary/aromatic N) is 2. The maximum Gasteiger partial charge on any atom is 0.408 e. The van der Waals surface area contributed by atoms with Crippen molar-refractivity contribution >= 4 is 6.09 Å². The van der Waals surface area contributed by atoms with Crippen LogP contribution in [0.4, 0.5) is 4.79 Å². The van der Waals surface area contributed by atoms with E-state index in [4.69, 9.17) is 9.26 Å². The third kappa shape index (κ3) is 4.09. The lowest BCUT2D eigenvalue weighted by Gasteiger charge is -2.22. The quantitative estimate of drug-likeness (QED) is 0.933. The molecule has 1 aromatic heterocycles. The molecule has 0 saturated heterocycles. The molecule has 23 heavy (non-hydrogen) atoms. The van der Waals surface area contributed by atoms with Gasteiger partial charge in [0.15, 0.2) is 5.82 Å². The Morgan fingerprint density at radius 1 is 1.30 bits per heavy atom. The maximum absolute atomic E-state index is 12.1. The molecule has 2 aromatic rings. The molecule has 1 aromatic carbocycles. The standard InChI is InChI=1S/C17H21N3O3/c1-17(2,3)22-16(21)18-13(11-7-5-4-6-8-11)15-19-14(20-23-15)12-9-10-12/h4-8,12-13H,9-10H2,1-3H3,(H,18,21)/t13-/m0/s1. The van der Waals surface area contributed by atoms with E-state index in [0.29, 0.717) is 17.6 Å². The van der Waals surface area contributed by atoms with Crippen molar-refractivity contribution in [2.45, 2.75) is 51.2 Å². The van der Waals surface area contributed by atoms with E-state index in [2.05, 4.69) is 15.5 Å². The molecule has 1 aliphatic rings. The Kier molecular flexibility index (Phi) is 4.07. The summed E-state index contributed by atoms with van der Waals surface area (Å²) in [6.45, 7) is 5.46. The maximum atomic E-state index is 12.1. The van der Waals surface area contributed by atoms with Gasteiger partial charge in [0.2, 0.25) is 0 Å². The van der Waals surface area contributed by atoms with Gasteiger partial charge >= 0.3 is 6.09 Å². The minimum absolute atomic E-state index is 0.379. The average molecular weight is 315 g/mol. The van der Waals surface area contributed by atoms with Crippen LogP contribution in [-0.2, 0) is 4.74 Å². The first kappa shape index (κ1) is 15.5. The van der Waals surface area contributed by atoms with Gasteiger partial charge in [-0.25, -0.2) is 4.79 Å². The second-order valence-corrected chi connectivity index (χ2v) is 6.76. The molecule has 6 heteroatoms. The predicted octanol–water partition coefficient (Wildman–Crippen LogP) is 3.56. The molecule has 1 heterocycles. The lowest BCUT2D eigenvalue weighted by molar-refractivity contribution is 0.0504. The van der Waals surface area contributed by atoms with E-state index in [1.807, 2.05) is 51.1 Å². The topological polar surface area (TPSA) is 77.2 Å². The molecule has 1 fully saturated rings. The van der Waals surface area contributed by atoms with Gasteiger partial charge in [-0.3, -0.25) is 0 Å². The molecule has 0 bridgehead atoms. The zero-order valence-corrected chi connectivity index (χ0v) is 13.6. The van der Waals surface area contributed by atoms with Crippen molar-refractivity contribution in [2.75, 3.05) is 0 Å². The van der Waals surface area contributed by atoms with Crippen molar-refractivity contribution < 1.29 is 14.1 Å². The SMILES string of the molecule is CC(C)(C)OC(=O)N[C@@H](c1ccccc1)c1nc(C2CC2)no1. The first-order valence-electron chi connectivity index (χ1n) is 7.80. The smallest absolute Gasteiger partial charge is 0.408 e. The summed E-state index contributed by atoms with van der Waals surface area (Å²) in [6, 6.07) is 9.00. The Balaban J connectivity index is 1.82. The van der Waals surface area contributed by atoms with Crippen LogP contribution >= 0.6 is 0 Å². The average Bonchev–Trinajstić information content (AvgIpc) is 3.22. The van der Waals surface area contributed by atoms with Crippen LogP contribution in [-0.4, -0.2) is 21.8 Å². The van der Waals surface area contributed by atoms with Crippen LogP contribution in [0.3, 0.4) is 0 Å². The fourth-order valence-corrected chi connectivity index (χ4v) is 2.23. The second kappa shape index (κ2) is 6.02. The van der Waals surface area contributed by atoms with Crippen LogP contribution in [0.15, 0.2) is 34.9 Å². The molecular formula is C17H21N3O3. The number of carbonyl (C=O) groups is 1. The molecule has 1 atom stereocenters. The fraction of sp³-hybridized carbons (Fsp3) is 0.471. The number of ether oxygens (including phenoxy) is 1. The van der Waals surface area contributed by atoms with Gasteiger partial charge in [-0.05, 0) is 39.2 Å². The minimum atomic E-state index is -0.570. The van der Waals surface area contributed by atoms with Crippen LogP contribution < -0.4 is 5.32 Å². The molecule has 0 unspecified atom stereocenters. The molecule has 122 valence electrons. The monoisotopic (exact) mass is 315 g/mol. The summed E-state index contributed by atoms with van der Waals surface area (Å²) in [5.41, 5.74) is 0.295. The molecule has 0 aliphatic heterocycles. The van der Waals surface area contributed by atoms with E-state index in [1.165, 1.54) is 0 Å². The summed E-state index contributed by atoms with van der Waals surface area (Å²) in [5.74, 6) is 1.49. The van der Waals surface area contributed by atoms with Gasteiger partial charge in [-0.15, -0.1) is 0 Å². The molecule has 0 radical (unpaired) electrons. The van der Waals surface area contributed by atoms with E-state index >= 15 is 0 Å². The number of hydrogen-bond donors (Lipinski definition) is 1. The van der Waals surface area contributed by atoms with Crippen LogP contribution in [0.5, 0.6) is 0 Å². The highest BCUT2D eigenvalue weighted by atomic mass is 16.6. The minimum Gasteiger partial charge on any atom is -0.444 e. The van der Waals surface area contributed by atoms with Crippen LogP contribution in [0, 0.1) is 0 Å². The van der Waals surface area contributed by atoms with Crippen molar-refractivity contribution in [1.29, 1.82) is 0 Å². The van der Waals surface area contributed by atoms with E-state index in [-0.39, 0.29) is 0 Å². The number of benzene rings is 1. The number of rotatable bonds is 4. The Hall–Kier alpha value is -2.37. The Bertz CT molecular complexity index is 672. The summed E-state index contributed by atoms with van der Waals surface area (Å²) in [5, 5.41) is 6.85. The molecule has 3 rings (SSSR count). The molecule has 1 N–H and O–H groups in total. The molecule has 6 nitrogen and oxygen atoms in total. The summed E-state index contributed by atoms with van der Waals surface area (Å²) >= 11 is 0. The number of alkyl carbamates (subject to hydrolysis) is 1. The van der Waals surface area contributed by atoms with Crippen molar-refractivity contribution in [3.05, 3.63) is 47.6 Å². The third-order valence-electron chi connectivity index (χ3n) is 3.44. The van der Waals surface area contributed by atoms with E-state index in [9.17, 15) is 4.79 Å². The highest BCUT2D eigenvalue weighted by molar-refractivity contribution is 5.68. The number of carbonyl (C=O) groups excluding carboxylic acids is 1. The molecular weight excluding hydrogens is 294 g/mol. The van der Waals surface area contributed by atoms with Crippen molar-refractivity contribution in [3.8, 4) is 0 Å². The largest absolute Gasteiger partial charge is 0.444 e. The predicted molar refractivity (Wildman–Crippen MR) is 83.9 cm³/mol. The van der Waals surface area contributed by atoms with Crippen LogP contribution in [0.2, 0.25) is 0 Å². The lowest BCUT2D eigenvalue weighted by atomic mass is 10.1. The molecule has 1 saturated carbocycles. The first-order valence-corrected chi connectivity index (χ1v) is 7.80. The highest BCUT2D eigenvalue weighted by Gasteiger charge is 2.31. The Labute approximate surface area is 135 Å². The second-order valence-electron chi connectivity index (χ2n) is 6.76. The summed E-state index contributed by atoms with van der Waals surface area (Å²) in [6.07, 6.45) is 1.67. The van der Waals surface area contributed by atoms with Crippen molar-refractivity contribution in [2.24, 2.45) is 0 Å². The van der Waals surface area contributed by atoms with E-state index in [0.717, 1.165) is 18.4 Å². The summed E-state index contributed by atoms with van der Waals surface area (Å²) < 4.78 is 10.7. The van der Waals surface area contributed by atoms with E-state index < -0.39 is 17.7 Å². The van der Waals surface area contributed by atoms with Gasteiger partial charge in [0.05, 0.1) is 0 Å². The van der Waals surface area contributed by atoms with Crippen molar-refractivity contribution in [3.63, 3.8) is 0 Å². The summed E-state index contributed by atoms with van der Waals surface area (Å²) in [4.78, 5) is 16.6. The van der Waals surface area contributed by atoms with Crippen molar-refractivity contribution in [1.82, 2.24) is 15.5 Å². The lowest BCUT2D eigenvalue weighted by Crippen LogP contribution is -2.35. The first-order chi connectivity index (χ1) is 10.9. The molecule has 1 aliphatic carbocycles. The molecule has 0 spiro atoms. The molecule has 1 amide bonds. The van der Waals surface area contributed by atoms with E-state index in [1.54, 1.807) is 0 Å². The number of amides is 1. The van der Waals surface area contributed by atoms with Gasteiger partial charge in [-0.1, -0.05) is 35.5 Å². The van der Waals surface area contributed by atoms with Gasteiger partial charge < -0.3 is 14.6 Å². The zero-order valence-electron chi connectivity index (χ0n) is 13.6. The van der Waals surface area contributed by atoms with Gasteiger partial charge in [0.1, 0.15) is 11.6 Å². The number of hydrogen-bond acceptors (Lipinski definition) is 5. The normalized spacial score (nSPS) is 16.0. The van der Waals surface area contributed by atoms with Gasteiger partial charge in [0, 0.05) is 5.92 Å². The highest BCUT2D eigenvalue weighted by Crippen LogP contribution is 2.38. The fourth-order valence-electron chi connectivity index (χ4n) is 2.23. The third-order valence-corrected chi connectivity index (χ3v) is 3.44. The number of aromatic nitrogens is 2. The van der Waals surface area contributed by atoms with Crippen LogP contribution in [0.1, 0.15) is 62.9 Å². The van der Waals surface area contributed by atoms with Gasteiger partial charge in [-0.2, -0.15) is 4.98 Å².